The van der Waals surface area contributed by atoms with Crippen molar-refractivity contribution in [3.05, 3.63) is 0 Å². The van der Waals surface area contributed by atoms with E-state index in [-0.39, 0.29) is 0 Å². The zero-order chi connectivity index (χ0) is 11.9. The van der Waals surface area contributed by atoms with Crippen LogP contribution in [0.5, 0.6) is 0 Å². The molecule has 1 unspecified atom stereocenters. The molecule has 2 heteroatoms. The summed E-state index contributed by atoms with van der Waals surface area (Å²) in [7, 11) is 2.31. The molecule has 0 saturated carbocycles. The molecule has 2 nitrogen and oxygen atoms in total. The van der Waals surface area contributed by atoms with Gasteiger partial charge in [-0.05, 0) is 33.1 Å². The van der Waals surface area contributed by atoms with E-state index in [4.69, 9.17) is 0 Å². The number of hydrogen-bond acceptors (Lipinski definition) is 0. The molecular formula is C14H32N2+2. The zero-order valence-corrected chi connectivity index (χ0v) is 11.7. The van der Waals surface area contributed by atoms with Gasteiger partial charge >= 0.3 is 0 Å². The Kier molecular flexibility index (Phi) is 6.37. The summed E-state index contributed by atoms with van der Waals surface area (Å²) in [6.45, 7) is 13.0. The SMILES string of the molecule is CC[NH+](C)CCCCC[N+]1(CC)CCCC1. The number of likely N-dealkylation sites (tertiary alicyclic amines) is 1. The Hall–Kier alpha value is -0.0800. The van der Waals surface area contributed by atoms with Crippen molar-refractivity contribution in [1.29, 1.82) is 0 Å². The maximum Gasteiger partial charge on any atom is 0.0788 e. The lowest BCUT2D eigenvalue weighted by atomic mass is 10.2. The normalized spacial score (nSPS) is 21.2. The largest absolute Gasteiger partial charge is 0.338 e. The van der Waals surface area contributed by atoms with Crippen molar-refractivity contribution in [1.82, 2.24) is 0 Å². The lowest BCUT2D eigenvalue weighted by Crippen LogP contribution is -3.08. The summed E-state index contributed by atoms with van der Waals surface area (Å²) in [5.41, 5.74) is 0. The molecule has 0 spiro atoms. The molecule has 0 aromatic carbocycles. The van der Waals surface area contributed by atoms with E-state index in [1.807, 2.05) is 0 Å². The molecule has 1 rings (SSSR count). The fourth-order valence-electron chi connectivity index (χ4n) is 2.93. The molecule has 1 N–H and O–H groups in total. The van der Waals surface area contributed by atoms with Crippen LogP contribution in [-0.4, -0.2) is 50.8 Å². The Labute approximate surface area is 102 Å². The van der Waals surface area contributed by atoms with E-state index in [0.29, 0.717) is 0 Å². The van der Waals surface area contributed by atoms with Gasteiger partial charge in [0.05, 0.1) is 46.3 Å². The van der Waals surface area contributed by atoms with Crippen LogP contribution in [0.2, 0.25) is 0 Å². The van der Waals surface area contributed by atoms with Crippen molar-refractivity contribution in [2.75, 3.05) is 46.3 Å². The quantitative estimate of drug-likeness (QED) is 0.472. The number of rotatable bonds is 8. The Morgan fingerprint density at radius 1 is 1.00 bits per heavy atom. The summed E-state index contributed by atoms with van der Waals surface area (Å²) >= 11 is 0. The van der Waals surface area contributed by atoms with E-state index < -0.39 is 0 Å². The van der Waals surface area contributed by atoms with Crippen molar-refractivity contribution in [3.8, 4) is 0 Å². The maximum absolute atomic E-state index is 2.38. The first-order chi connectivity index (χ1) is 7.72. The summed E-state index contributed by atoms with van der Waals surface area (Å²) in [6, 6.07) is 0. The highest BCUT2D eigenvalue weighted by molar-refractivity contribution is 4.54. The number of nitrogens with zero attached hydrogens (tertiary/aromatic N) is 1. The van der Waals surface area contributed by atoms with Gasteiger partial charge in [-0.15, -0.1) is 0 Å². The molecule has 96 valence electrons. The van der Waals surface area contributed by atoms with Crippen molar-refractivity contribution in [2.24, 2.45) is 0 Å². The van der Waals surface area contributed by atoms with Gasteiger partial charge in [0.1, 0.15) is 0 Å². The first-order valence-corrected chi connectivity index (χ1v) is 7.39. The van der Waals surface area contributed by atoms with E-state index in [1.54, 1.807) is 4.90 Å². The minimum absolute atomic E-state index is 1.27. The maximum atomic E-state index is 2.38. The predicted octanol–water partition coefficient (Wildman–Crippen LogP) is 1.32. The fourth-order valence-corrected chi connectivity index (χ4v) is 2.93. The fraction of sp³-hybridized carbons (Fsp3) is 1.00. The summed E-state index contributed by atoms with van der Waals surface area (Å²) < 4.78 is 1.43. The van der Waals surface area contributed by atoms with Crippen molar-refractivity contribution >= 4 is 0 Å². The number of hydrogen-bond donors (Lipinski definition) is 1. The molecule has 0 bridgehead atoms. The van der Waals surface area contributed by atoms with Crippen LogP contribution in [-0.2, 0) is 0 Å². The van der Waals surface area contributed by atoms with Gasteiger partial charge in [0, 0.05) is 12.8 Å². The number of quaternary nitrogens is 2. The molecule has 1 atom stereocenters. The molecule has 0 aliphatic carbocycles. The summed E-state index contributed by atoms with van der Waals surface area (Å²) in [5, 5.41) is 0. The average Bonchev–Trinajstić information content (AvgIpc) is 2.77. The highest BCUT2D eigenvalue weighted by Crippen LogP contribution is 2.20. The lowest BCUT2D eigenvalue weighted by Gasteiger charge is -2.33. The second-order valence-electron chi connectivity index (χ2n) is 5.66. The molecule has 0 radical (unpaired) electrons. The van der Waals surface area contributed by atoms with E-state index in [2.05, 4.69) is 20.9 Å². The summed E-state index contributed by atoms with van der Waals surface area (Å²) in [6.07, 6.45) is 7.25. The van der Waals surface area contributed by atoms with Crippen molar-refractivity contribution < 1.29 is 9.38 Å². The molecule has 0 amide bonds. The van der Waals surface area contributed by atoms with E-state index in [0.717, 1.165) is 0 Å². The summed E-state index contributed by atoms with van der Waals surface area (Å²) in [5.74, 6) is 0. The second-order valence-corrected chi connectivity index (χ2v) is 5.66. The summed E-state index contributed by atoms with van der Waals surface area (Å²) in [4.78, 5) is 1.68. The molecule has 1 aliphatic rings. The Balaban J connectivity index is 2.05. The molecule has 1 aliphatic heterocycles. The molecule has 0 aromatic heterocycles. The molecular weight excluding hydrogens is 196 g/mol. The van der Waals surface area contributed by atoms with Gasteiger partial charge in [-0.1, -0.05) is 0 Å². The smallest absolute Gasteiger partial charge is 0.0788 e. The first-order valence-electron chi connectivity index (χ1n) is 7.39. The van der Waals surface area contributed by atoms with E-state index in [1.165, 1.54) is 75.9 Å². The topological polar surface area (TPSA) is 4.44 Å². The highest BCUT2D eigenvalue weighted by Gasteiger charge is 2.28. The molecule has 0 aromatic rings. The minimum atomic E-state index is 1.27. The standard InChI is InChI=1S/C14H31N2/c1-4-15(3)11-7-6-8-12-16(5-2)13-9-10-14-16/h4-14H2,1-3H3/q+1/p+1. The van der Waals surface area contributed by atoms with Gasteiger partial charge in [-0.3, -0.25) is 0 Å². The lowest BCUT2D eigenvalue weighted by molar-refractivity contribution is -0.915. The van der Waals surface area contributed by atoms with Crippen LogP contribution in [0.25, 0.3) is 0 Å². The third-order valence-corrected chi connectivity index (χ3v) is 4.53. The Morgan fingerprint density at radius 3 is 2.25 bits per heavy atom. The van der Waals surface area contributed by atoms with Crippen LogP contribution in [0.1, 0.15) is 46.0 Å². The van der Waals surface area contributed by atoms with Crippen molar-refractivity contribution in [2.45, 2.75) is 46.0 Å². The van der Waals surface area contributed by atoms with Gasteiger partial charge in [-0.25, -0.2) is 0 Å². The number of nitrogens with one attached hydrogen (secondary N) is 1. The molecule has 1 heterocycles. The van der Waals surface area contributed by atoms with Crippen LogP contribution >= 0.6 is 0 Å². The van der Waals surface area contributed by atoms with E-state index >= 15 is 0 Å². The zero-order valence-electron chi connectivity index (χ0n) is 11.7. The number of unbranched alkanes of at least 4 members (excludes halogenated alkanes) is 2. The van der Waals surface area contributed by atoms with Gasteiger partial charge in [0.2, 0.25) is 0 Å². The third-order valence-electron chi connectivity index (χ3n) is 4.53. The van der Waals surface area contributed by atoms with Crippen LogP contribution in [0, 0.1) is 0 Å². The first kappa shape index (κ1) is 14.0. The van der Waals surface area contributed by atoms with Crippen LogP contribution in [0.3, 0.4) is 0 Å². The highest BCUT2D eigenvalue weighted by atomic mass is 15.4. The van der Waals surface area contributed by atoms with Crippen LogP contribution < -0.4 is 4.90 Å². The second kappa shape index (κ2) is 7.29. The molecule has 16 heavy (non-hydrogen) atoms. The Morgan fingerprint density at radius 2 is 1.69 bits per heavy atom. The van der Waals surface area contributed by atoms with Gasteiger partial charge in [0.25, 0.3) is 0 Å². The predicted molar refractivity (Wildman–Crippen MR) is 70.8 cm³/mol. The van der Waals surface area contributed by atoms with Crippen LogP contribution in [0.15, 0.2) is 0 Å². The van der Waals surface area contributed by atoms with Crippen LogP contribution in [0.4, 0.5) is 0 Å². The van der Waals surface area contributed by atoms with Crippen molar-refractivity contribution in [3.63, 3.8) is 0 Å². The monoisotopic (exact) mass is 228 g/mol. The third kappa shape index (κ3) is 4.42. The average molecular weight is 228 g/mol. The minimum Gasteiger partial charge on any atom is -0.338 e. The molecule has 1 fully saturated rings. The van der Waals surface area contributed by atoms with E-state index in [9.17, 15) is 0 Å². The molecule has 1 saturated heterocycles. The Bertz CT molecular complexity index is 174. The van der Waals surface area contributed by atoms with Gasteiger partial charge < -0.3 is 9.38 Å². The van der Waals surface area contributed by atoms with Gasteiger partial charge in [0.15, 0.2) is 0 Å². The van der Waals surface area contributed by atoms with Gasteiger partial charge in [-0.2, -0.15) is 0 Å².